The van der Waals surface area contributed by atoms with Gasteiger partial charge < -0.3 is 10.6 Å². The number of benzene rings is 1. The Balaban J connectivity index is 2.50. The van der Waals surface area contributed by atoms with Gasteiger partial charge in [-0.05, 0) is 25.6 Å². The monoisotopic (exact) mass is 224 g/mol. The van der Waals surface area contributed by atoms with Gasteiger partial charge in [-0.15, -0.1) is 0 Å². The van der Waals surface area contributed by atoms with Crippen molar-refractivity contribution in [2.75, 3.05) is 13.1 Å². The zero-order valence-corrected chi connectivity index (χ0v) is 9.59. The molecule has 0 spiro atoms. The number of amides is 1. The highest BCUT2D eigenvalue weighted by atomic mass is 19.1. The molecule has 0 unspecified atom stereocenters. The van der Waals surface area contributed by atoms with Crippen molar-refractivity contribution in [1.82, 2.24) is 10.6 Å². The normalized spacial score (nSPS) is 12.2. The van der Waals surface area contributed by atoms with E-state index in [1.165, 1.54) is 12.1 Å². The van der Waals surface area contributed by atoms with Crippen LogP contribution in [0.2, 0.25) is 0 Å². The van der Waals surface area contributed by atoms with Gasteiger partial charge in [0.25, 0.3) is 5.91 Å². The quantitative estimate of drug-likeness (QED) is 0.796. The van der Waals surface area contributed by atoms with Gasteiger partial charge in [-0.2, -0.15) is 0 Å². The maximum Gasteiger partial charge on any atom is 0.254 e. The predicted octanol–water partition coefficient (Wildman–Crippen LogP) is 1.55. The van der Waals surface area contributed by atoms with Crippen LogP contribution in [0, 0.1) is 5.82 Å². The number of likely N-dealkylation sites (N-methyl/N-ethyl adjacent to an activating group) is 1. The molecule has 0 aliphatic rings. The lowest BCUT2D eigenvalue weighted by atomic mass is 10.2. The fraction of sp³-hybridized carbons (Fsp3) is 0.417. The molecule has 0 bridgehead atoms. The molecule has 1 rings (SSSR count). The van der Waals surface area contributed by atoms with Gasteiger partial charge in [0.05, 0.1) is 5.56 Å². The lowest BCUT2D eigenvalue weighted by molar-refractivity contribution is 0.0946. The second kappa shape index (κ2) is 6.23. The smallest absolute Gasteiger partial charge is 0.254 e. The number of carbonyl (C=O) groups excluding carboxylic acids is 1. The van der Waals surface area contributed by atoms with Crippen LogP contribution < -0.4 is 10.6 Å². The Bertz CT molecular complexity index is 355. The Labute approximate surface area is 95.0 Å². The molecule has 2 N–H and O–H groups in total. The van der Waals surface area contributed by atoms with E-state index in [4.69, 9.17) is 0 Å². The van der Waals surface area contributed by atoms with Crippen molar-refractivity contribution in [2.24, 2.45) is 0 Å². The topological polar surface area (TPSA) is 41.1 Å². The molecule has 0 saturated carbocycles. The van der Waals surface area contributed by atoms with Crippen LogP contribution >= 0.6 is 0 Å². The van der Waals surface area contributed by atoms with E-state index >= 15 is 0 Å². The van der Waals surface area contributed by atoms with Crippen LogP contribution in [-0.2, 0) is 0 Å². The number of nitrogens with one attached hydrogen (secondary N) is 2. The van der Waals surface area contributed by atoms with Crippen molar-refractivity contribution in [3.8, 4) is 0 Å². The van der Waals surface area contributed by atoms with Gasteiger partial charge in [0.1, 0.15) is 5.82 Å². The van der Waals surface area contributed by atoms with E-state index in [2.05, 4.69) is 10.6 Å². The minimum atomic E-state index is -0.490. The summed E-state index contributed by atoms with van der Waals surface area (Å²) in [6.45, 7) is 5.29. The van der Waals surface area contributed by atoms with E-state index in [0.717, 1.165) is 6.54 Å². The maximum absolute atomic E-state index is 13.2. The standard InChI is InChI=1S/C12H17FN2O/c1-3-14-9(2)8-15-12(16)10-6-4-5-7-11(10)13/h4-7,9,14H,3,8H2,1-2H3,(H,15,16)/t9-/m1/s1. The van der Waals surface area contributed by atoms with Crippen molar-refractivity contribution in [3.63, 3.8) is 0 Å². The van der Waals surface area contributed by atoms with Crippen LogP contribution in [0.5, 0.6) is 0 Å². The molecule has 0 radical (unpaired) electrons. The van der Waals surface area contributed by atoms with Crippen molar-refractivity contribution < 1.29 is 9.18 Å². The summed E-state index contributed by atoms with van der Waals surface area (Å²) in [6, 6.07) is 6.14. The third-order valence-electron chi connectivity index (χ3n) is 2.24. The van der Waals surface area contributed by atoms with Crippen LogP contribution in [0.1, 0.15) is 24.2 Å². The van der Waals surface area contributed by atoms with Crippen LogP contribution in [0.15, 0.2) is 24.3 Å². The molecular formula is C12H17FN2O. The van der Waals surface area contributed by atoms with E-state index in [1.54, 1.807) is 12.1 Å². The fourth-order valence-corrected chi connectivity index (χ4v) is 1.41. The molecule has 0 saturated heterocycles. The Morgan fingerprint density at radius 1 is 1.44 bits per heavy atom. The highest BCUT2D eigenvalue weighted by Gasteiger charge is 2.10. The van der Waals surface area contributed by atoms with E-state index in [-0.39, 0.29) is 17.5 Å². The molecule has 1 amide bonds. The first kappa shape index (κ1) is 12.6. The van der Waals surface area contributed by atoms with Crippen LogP contribution in [0.4, 0.5) is 4.39 Å². The predicted molar refractivity (Wildman–Crippen MR) is 61.9 cm³/mol. The fourth-order valence-electron chi connectivity index (χ4n) is 1.41. The maximum atomic E-state index is 13.2. The van der Waals surface area contributed by atoms with Gasteiger partial charge >= 0.3 is 0 Å². The SMILES string of the molecule is CCN[C@H](C)CNC(=O)c1ccccc1F. The van der Waals surface area contributed by atoms with E-state index < -0.39 is 5.82 Å². The van der Waals surface area contributed by atoms with E-state index in [1.807, 2.05) is 13.8 Å². The second-order valence-corrected chi connectivity index (χ2v) is 3.65. The average Bonchev–Trinajstić information content (AvgIpc) is 2.27. The molecule has 0 fully saturated rings. The zero-order chi connectivity index (χ0) is 12.0. The summed E-state index contributed by atoms with van der Waals surface area (Å²) < 4.78 is 13.2. The third kappa shape index (κ3) is 3.62. The molecule has 3 nitrogen and oxygen atoms in total. The van der Waals surface area contributed by atoms with Crippen molar-refractivity contribution in [3.05, 3.63) is 35.6 Å². The number of halogens is 1. The first-order chi connectivity index (χ1) is 7.65. The lowest BCUT2D eigenvalue weighted by Crippen LogP contribution is -2.39. The number of hydrogen-bond acceptors (Lipinski definition) is 2. The number of carbonyl (C=O) groups is 1. The molecule has 0 aliphatic carbocycles. The second-order valence-electron chi connectivity index (χ2n) is 3.65. The molecule has 88 valence electrons. The largest absolute Gasteiger partial charge is 0.350 e. The van der Waals surface area contributed by atoms with Crippen molar-refractivity contribution >= 4 is 5.91 Å². The van der Waals surface area contributed by atoms with Gasteiger partial charge in [0, 0.05) is 12.6 Å². The Kier molecular flexibility index (Phi) is 4.92. The number of hydrogen-bond donors (Lipinski definition) is 2. The Morgan fingerprint density at radius 3 is 2.75 bits per heavy atom. The summed E-state index contributed by atoms with van der Waals surface area (Å²) in [4.78, 5) is 11.6. The highest BCUT2D eigenvalue weighted by molar-refractivity contribution is 5.94. The molecule has 0 aliphatic heterocycles. The molecular weight excluding hydrogens is 207 g/mol. The first-order valence-electron chi connectivity index (χ1n) is 5.41. The molecule has 0 aromatic heterocycles. The van der Waals surface area contributed by atoms with Gasteiger partial charge in [-0.3, -0.25) is 4.79 Å². The lowest BCUT2D eigenvalue weighted by Gasteiger charge is -2.13. The van der Waals surface area contributed by atoms with Crippen LogP contribution in [0.3, 0.4) is 0 Å². The third-order valence-corrected chi connectivity index (χ3v) is 2.24. The summed E-state index contributed by atoms with van der Waals surface area (Å²) in [5.41, 5.74) is 0.0891. The summed E-state index contributed by atoms with van der Waals surface area (Å²) in [6.07, 6.45) is 0. The highest BCUT2D eigenvalue weighted by Crippen LogP contribution is 2.05. The summed E-state index contributed by atoms with van der Waals surface area (Å²) >= 11 is 0. The van der Waals surface area contributed by atoms with Crippen LogP contribution in [-0.4, -0.2) is 25.0 Å². The van der Waals surface area contributed by atoms with Gasteiger partial charge in [-0.25, -0.2) is 4.39 Å². The minimum absolute atomic E-state index is 0.0891. The minimum Gasteiger partial charge on any atom is -0.350 e. The molecule has 1 aromatic carbocycles. The summed E-state index contributed by atoms with van der Waals surface area (Å²) in [5.74, 6) is -0.862. The van der Waals surface area contributed by atoms with E-state index in [0.29, 0.717) is 6.54 Å². The van der Waals surface area contributed by atoms with Crippen molar-refractivity contribution in [2.45, 2.75) is 19.9 Å². The average molecular weight is 224 g/mol. The summed E-state index contributed by atoms with van der Waals surface area (Å²) in [5, 5.41) is 5.84. The molecule has 16 heavy (non-hydrogen) atoms. The molecule has 1 aromatic rings. The zero-order valence-electron chi connectivity index (χ0n) is 9.59. The number of rotatable bonds is 5. The molecule has 1 atom stereocenters. The molecule has 0 heterocycles. The van der Waals surface area contributed by atoms with Crippen molar-refractivity contribution in [1.29, 1.82) is 0 Å². The molecule has 4 heteroatoms. The Hall–Kier alpha value is -1.42. The van der Waals surface area contributed by atoms with Crippen LogP contribution in [0.25, 0.3) is 0 Å². The van der Waals surface area contributed by atoms with Gasteiger partial charge in [0.2, 0.25) is 0 Å². The van der Waals surface area contributed by atoms with E-state index in [9.17, 15) is 9.18 Å². The summed E-state index contributed by atoms with van der Waals surface area (Å²) in [7, 11) is 0. The van der Waals surface area contributed by atoms with Gasteiger partial charge in [0.15, 0.2) is 0 Å². The first-order valence-corrected chi connectivity index (χ1v) is 5.41. The Morgan fingerprint density at radius 2 is 2.12 bits per heavy atom. The van der Waals surface area contributed by atoms with Gasteiger partial charge in [-0.1, -0.05) is 19.1 Å².